The molecule has 0 unspecified atom stereocenters. The smallest absolute Gasteiger partial charge is 0.287 e. The van der Waals surface area contributed by atoms with Gasteiger partial charge in [-0.3, -0.25) is 9.69 Å². The standard InChI is InChI=1S/C26H32N2O3/c1-19(2)20(3)27-26(29)25-15-14-24(31-25)18-28(16-21-8-6-5-7-9-21)17-22-10-12-23(30-4)13-11-22/h5-15,19-20H,16-18H2,1-4H3,(H,27,29)/t20-/m1/s1. The first kappa shape index (κ1) is 22.6. The van der Waals surface area contributed by atoms with Crippen LogP contribution in [0.2, 0.25) is 0 Å². The molecule has 31 heavy (non-hydrogen) atoms. The Hall–Kier alpha value is -3.05. The molecular formula is C26H32N2O3. The number of ether oxygens (including phenoxy) is 1. The van der Waals surface area contributed by atoms with Crippen molar-refractivity contribution in [3.8, 4) is 5.75 Å². The summed E-state index contributed by atoms with van der Waals surface area (Å²) in [5.41, 5.74) is 2.42. The lowest BCUT2D eigenvalue weighted by atomic mass is 10.1. The Kier molecular flexibility index (Phi) is 7.90. The minimum atomic E-state index is -0.169. The van der Waals surface area contributed by atoms with Crippen LogP contribution in [0.3, 0.4) is 0 Å². The minimum Gasteiger partial charge on any atom is -0.497 e. The van der Waals surface area contributed by atoms with Gasteiger partial charge in [-0.2, -0.15) is 0 Å². The molecule has 0 bridgehead atoms. The van der Waals surface area contributed by atoms with E-state index in [1.807, 2.05) is 43.3 Å². The van der Waals surface area contributed by atoms with E-state index in [1.165, 1.54) is 11.1 Å². The molecule has 0 radical (unpaired) electrons. The Balaban J connectivity index is 1.71. The SMILES string of the molecule is COc1ccc(CN(Cc2ccccc2)Cc2ccc(C(=O)N[C@H](C)C(C)C)o2)cc1. The van der Waals surface area contributed by atoms with Crippen LogP contribution < -0.4 is 10.1 Å². The van der Waals surface area contributed by atoms with Gasteiger partial charge in [0.05, 0.1) is 13.7 Å². The van der Waals surface area contributed by atoms with Crippen molar-refractivity contribution in [2.45, 2.75) is 46.4 Å². The topological polar surface area (TPSA) is 54.7 Å². The number of rotatable bonds is 10. The fourth-order valence-corrected chi connectivity index (χ4v) is 3.25. The van der Waals surface area contributed by atoms with E-state index in [9.17, 15) is 4.79 Å². The van der Waals surface area contributed by atoms with Gasteiger partial charge in [-0.15, -0.1) is 0 Å². The van der Waals surface area contributed by atoms with Crippen LogP contribution in [-0.4, -0.2) is 24.0 Å². The average molecular weight is 421 g/mol. The Bertz CT molecular complexity index is 948. The number of methoxy groups -OCH3 is 1. The van der Waals surface area contributed by atoms with Crippen LogP contribution in [0, 0.1) is 5.92 Å². The summed E-state index contributed by atoms with van der Waals surface area (Å²) in [5.74, 6) is 2.16. The van der Waals surface area contributed by atoms with Gasteiger partial charge in [-0.05, 0) is 48.2 Å². The highest BCUT2D eigenvalue weighted by Gasteiger charge is 2.17. The number of carbonyl (C=O) groups excluding carboxylic acids is 1. The largest absolute Gasteiger partial charge is 0.497 e. The molecule has 1 atom stereocenters. The number of carbonyl (C=O) groups is 1. The Morgan fingerprint density at radius 1 is 0.903 bits per heavy atom. The summed E-state index contributed by atoms with van der Waals surface area (Å²) in [6.45, 7) is 8.31. The van der Waals surface area contributed by atoms with Crippen molar-refractivity contribution >= 4 is 5.91 Å². The van der Waals surface area contributed by atoms with Gasteiger partial charge in [0.2, 0.25) is 0 Å². The third-order valence-electron chi connectivity index (χ3n) is 5.44. The minimum absolute atomic E-state index is 0.0886. The molecule has 3 rings (SSSR count). The molecule has 2 aromatic carbocycles. The molecule has 0 aliphatic rings. The Morgan fingerprint density at radius 2 is 1.55 bits per heavy atom. The van der Waals surface area contributed by atoms with Crippen LogP contribution >= 0.6 is 0 Å². The lowest BCUT2D eigenvalue weighted by molar-refractivity contribution is 0.0898. The average Bonchev–Trinajstić information content (AvgIpc) is 3.23. The van der Waals surface area contributed by atoms with E-state index in [-0.39, 0.29) is 11.9 Å². The molecule has 5 heteroatoms. The molecule has 1 amide bonds. The van der Waals surface area contributed by atoms with E-state index < -0.39 is 0 Å². The van der Waals surface area contributed by atoms with Crippen molar-refractivity contribution in [3.63, 3.8) is 0 Å². The van der Waals surface area contributed by atoms with E-state index in [0.29, 0.717) is 18.2 Å². The molecule has 0 saturated carbocycles. The zero-order valence-corrected chi connectivity index (χ0v) is 18.8. The molecular weight excluding hydrogens is 388 g/mol. The van der Waals surface area contributed by atoms with Crippen LogP contribution in [0.25, 0.3) is 0 Å². The molecule has 1 aromatic heterocycles. The first-order valence-corrected chi connectivity index (χ1v) is 10.7. The van der Waals surface area contributed by atoms with Gasteiger partial charge in [0.1, 0.15) is 11.5 Å². The van der Waals surface area contributed by atoms with Crippen LogP contribution in [-0.2, 0) is 19.6 Å². The van der Waals surface area contributed by atoms with E-state index in [0.717, 1.165) is 24.6 Å². The molecule has 1 N–H and O–H groups in total. The maximum atomic E-state index is 12.5. The summed E-state index contributed by atoms with van der Waals surface area (Å²) in [7, 11) is 1.67. The lowest BCUT2D eigenvalue weighted by Gasteiger charge is -2.22. The molecule has 0 aliphatic heterocycles. The second-order valence-electron chi connectivity index (χ2n) is 8.25. The third kappa shape index (κ3) is 6.72. The number of nitrogens with zero attached hydrogens (tertiary/aromatic N) is 1. The van der Waals surface area contributed by atoms with Crippen LogP contribution in [0.4, 0.5) is 0 Å². The summed E-state index contributed by atoms with van der Waals surface area (Å²) in [4.78, 5) is 14.8. The summed E-state index contributed by atoms with van der Waals surface area (Å²) >= 11 is 0. The number of furan rings is 1. The van der Waals surface area contributed by atoms with E-state index in [1.54, 1.807) is 13.2 Å². The molecule has 5 nitrogen and oxygen atoms in total. The summed E-state index contributed by atoms with van der Waals surface area (Å²) < 4.78 is 11.2. The van der Waals surface area contributed by atoms with Gasteiger partial charge in [-0.25, -0.2) is 0 Å². The van der Waals surface area contributed by atoms with Crippen LogP contribution in [0.5, 0.6) is 5.75 Å². The van der Waals surface area contributed by atoms with Crippen molar-refractivity contribution in [2.24, 2.45) is 5.92 Å². The fraction of sp³-hybridized carbons (Fsp3) is 0.346. The van der Waals surface area contributed by atoms with Gasteiger partial charge < -0.3 is 14.5 Å². The third-order valence-corrected chi connectivity index (χ3v) is 5.44. The monoisotopic (exact) mass is 420 g/mol. The Labute approximate surface area is 185 Å². The maximum absolute atomic E-state index is 12.5. The number of hydrogen-bond donors (Lipinski definition) is 1. The van der Waals surface area contributed by atoms with E-state index in [4.69, 9.17) is 9.15 Å². The zero-order valence-electron chi connectivity index (χ0n) is 18.8. The lowest BCUT2D eigenvalue weighted by Crippen LogP contribution is -2.35. The normalized spacial score (nSPS) is 12.2. The summed E-state index contributed by atoms with van der Waals surface area (Å²) in [6.07, 6.45) is 0. The van der Waals surface area contributed by atoms with Crippen LogP contribution in [0.15, 0.2) is 71.1 Å². The van der Waals surface area contributed by atoms with Crippen LogP contribution in [0.1, 0.15) is 48.2 Å². The molecule has 3 aromatic rings. The highest BCUT2D eigenvalue weighted by atomic mass is 16.5. The first-order valence-electron chi connectivity index (χ1n) is 10.7. The molecule has 0 spiro atoms. The van der Waals surface area contributed by atoms with Crippen molar-refractivity contribution in [2.75, 3.05) is 7.11 Å². The van der Waals surface area contributed by atoms with Crippen molar-refractivity contribution in [1.82, 2.24) is 10.2 Å². The molecule has 0 saturated heterocycles. The molecule has 0 aliphatic carbocycles. The van der Waals surface area contributed by atoms with E-state index in [2.05, 4.69) is 48.3 Å². The van der Waals surface area contributed by atoms with Crippen molar-refractivity contribution < 1.29 is 13.9 Å². The highest BCUT2D eigenvalue weighted by molar-refractivity contribution is 5.91. The zero-order chi connectivity index (χ0) is 22.2. The maximum Gasteiger partial charge on any atom is 0.287 e. The predicted molar refractivity (Wildman–Crippen MR) is 123 cm³/mol. The number of benzene rings is 2. The second-order valence-corrected chi connectivity index (χ2v) is 8.25. The van der Waals surface area contributed by atoms with Gasteiger partial charge in [-0.1, -0.05) is 56.3 Å². The summed E-state index contributed by atoms with van der Waals surface area (Å²) in [5, 5.41) is 2.99. The van der Waals surface area contributed by atoms with Crippen molar-refractivity contribution in [3.05, 3.63) is 89.4 Å². The number of hydrogen-bond acceptors (Lipinski definition) is 4. The van der Waals surface area contributed by atoms with Gasteiger partial charge >= 0.3 is 0 Å². The second kappa shape index (κ2) is 10.8. The fourth-order valence-electron chi connectivity index (χ4n) is 3.25. The molecule has 0 fully saturated rings. The highest BCUT2D eigenvalue weighted by Crippen LogP contribution is 2.18. The first-order chi connectivity index (χ1) is 14.9. The number of nitrogens with one attached hydrogen (secondary N) is 1. The molecule has 164 valence electrons. The number of amides is 1. The van der Waals surface area contributed by atoms with Gasteiger partial charge in [0.15, 0.2) is 5.76 Å². The van der Waals surface area contributed by atoms with Gasteiger partial charge in [0, 0.05) is 19.1 Å². The van der Waals surface area contributed by atoms with Gasteiger partial charge in [0.25, 0.3) is 5.91 Å². The Morgan fingerprint density at radius 3 is 2.16 bits per heavy atom. The predicted octanol–water partition coefficient (Wildman–Crippen LogP) is 5.26. The molecule has 1 heterocycles. The quantitative estimate of drug-likeness (QED) is 0.486. The van der Waals surface area contributed by atoms with Crippen molar-refractivity contribution in [1.29, 1.82) is 0 Å². The summed E-state index contributed by atoms with van der Waals surface area (Å²) in [6, 6.07) is 22.2. The van der Waals surface area contributed by atoms with E-state index >= 15 is 0 Å².